The summed E-state index contributed by atoms with van der Waals surface area (Å²) in [6.45, 7) is 23.5. The molecule has 0 fully saturated rings. The Morgan fingerprint density at radius 2 is 1.21 bits per heavy atom. The van der Waals surface area contributed by atoms with Gasteiger partial charge in [0, 0.05) is 56.4 Å². The number of nitrogens with zero attached hydrogens (tertiary/aromatic N) is 5. The SMILES string of the molecule is CC(C)(C)c1cc(N2[CH-]N(Cc3ccccc3)c3ccccc32)[c-]c(N(c2[c-]c3c(cc2)c2cc(C(C)(C)C)ccc2n3-c2cc(C(C)(C)C)ccn2)c2ccccc2)c1.[Pt]. The Bertz CT molecular complexity index is 2840. The first-order valence-electron chi connectivity index (χ1n) is 21.1. The van der Waals surface area contributed by atoms with E-state index in [1.165, 1.54) is 33.3 Å². The molecule has 0 saturated heterocycles. The zero-order chi connectivity index (χ0) is 42.0. The predicted molar refractivity (Wildman–Crippen MR) is 253 cm³/mol. The van der Waals surface area contributed by atoms with Crippen molar-refractivity contribution in [1.29, 1.82) is 0 Å². The van der Waals surface area contributed by atoms with Crippen LogP contribution in [0.3, 0.4) is 0 Å². The molecule has 9 rings (SSSR count). The van der Waals surface area contributed by atoms with Crippen LogP contribution in [0.15, 0.2) is 146 Å². The van der Waals surface area contributed by atoms with Gasteiger partial charge in [-0.25, -0.2) is 4.98 Å². The summed E-state index contributed by atoms with van der Waals surface area (Å²) in [5, 5.41) is 2.34. The Kier molecular flexibility index (Phi) is 11.0. The average molecular weight is 980 g/mol. The molecule has 0 bridgehead atoms. The van der Waals surface area contributed by atoms with Crippen LogP contribution in [0.2, 0.25) is 0 Å². The fourth-order valence-electron chi connectivity index (χ4n) is 8.26. The second kappa shape index (κ2) is 16.0. The van der Waals surface area contributed by atoms with Gasteiger partial charge in [0.05, 0.1) is 0 Å². The van der Waals surface area contributed by atoms with Gasteiger partial charge in [-0.3, -0.25) is 0 Å². The largest absolute Gasteiger partial charge is 0.498 e. The van der Waals surface area contributed by atoms with Gasteiger partial charge in [0.15, 0.2) is 0 Å². The molecule has 0 spiro atoms. The molecule has 3 heterocycles. The molecule has 8 aromatic rings. The van der Waals surface area contributed by atoms with E-state index < -0.39 is 0 Å². The minimum absolute atomic E-state index is 0. The first-order valence-corrected chi connectivity index (χ1v) is 21.1. The van der Waals surface area contributed by atoms with Crippen molar-refractivity contribution in [1.82, 2.24) is 9.55 Å². The molecule has 5 nitrogen and oxygen atoms in total. The topological polar surface area (TPSA) is 27.5 Å². The van der Waals surface area contributed by atoms with Gasteiger partial charge in [0.25, 0.3) is 0 Å². The number of aromatic nitrogens is 2. The summed E-state index contributed by atoms with van der Waals surface area (Å²) >= 11 is 0. The van der Waals surface area contributed by atoms with E-state index in [-0.39, 0.29) is 37.3 Å². The molecule has 0 atom stereocenters. The zero-order valence-corrected chi connectivity index (χ0v) is 39.0. The van der Waals surface area contributed by atoms with Gasteiger partial charge in [-0.05, 0) is 80.8 Å². The maximum absolute atomic E-state index is 5.01. The molecule has 0 saturated carbocycles. The van der Waals surface area contributed by atoms with Crippen molar-refractivity contribution in [2.24, 2.45) is 0 Å². The molecule has 6 aromatic carbocycles. The van der Waals surface area contributed by atoms with Crippen molar-refractivity contribution in [2.45, 2.75) is 85.1 Å². The third-order valence-corrected chi connectivity index (χ3v) is 11.7. The predicted octanol–water partition coefficient (Wildman–Crippen LogP) is 14.4. The number of pyridine rings is 1. The molecule has 0 radical (unpaired) electrons. The van der Waals surface area contributed by atoms with E-state index in [4.69, 9.17) is 4.98 Å². The van der Waals surface area contributed by atoms with Crippen LogP contribution in [-0.4, -0.2) is 9.55 Å². The molecule has 2 aromatic heterocycles. The molecule has 0 amide bonds. The minimum Gasteiger partial charge on any atom is -0.498 e. The summed E-state index contributed by atoms with van der Waals surface area (Å²) in [6.07, 6.45) is 1.94. The second-order valence-corrected chi connectivity index (χ2v) is 19.2. The summed E-state index contributed by atoms with van der Waals surface area (Å²) in [5.74, 6) is 0.887. The van der Waals surface area contributed by atoms with Crippen LogP contribution in [0.25, 0.3) is 27.6 Å². The van der Waals surface area contributed by atoms with E-state index in [1.807, 2.05) is 6.20 Å². The van der Waals surface area contributed by atoms with E-state index >= 15 is 0 Å². The normalized spacial score (nSPS) is 13.1. The molecule has 0 N–H and O–H groups in total. The molecule has 312 valence electrons. The van der Waals surface area contributed by atoms with Gasteiger partial charge < -0.3 is 19.3 Å². The number of rotatable bonds is 7. The van der Waals surface area contributed by atoms with Crippen molar-refractivity contribution >= 4 is 55.9 Å². The van der Waals surface area contributed by atoms with Crippen LogP contribution in [0.4, 0.5) is 34.1 Å². The maximum Gasteiger partial charge on any atom is 0.135 e. The minimum atomic E-state index is -0.140. The molecule has 6 heteroatoms. The molecule has 61 heavy (non-hydrogen) atoms. The number of hydrogen-bond acceptors (Lipinski definition) is 4. The van der Waals surface area contributed by atoms with Crippen molar-refractivity contribution in [3.05, 3.63) is 187 Å². The standard InChI is InChI=1S/C55H54N5.Pt/c1-53(2,3)39-24-27-48-47(32-39)46-26-25-43(35-51(46)60(48)52-33-40(28-29-56-52)54(4,5)6)59(42-20-14-11-15-21-42)45-31-41(55(7,8)9)30-44(34-45)58-37-57(36-38-18-12-10-13-19-38)49-22-16-17-23-50(49)58;/h10-33,37H,36H2,1-9H3;/q-3;. The Balaban J connectivity index is 0.00000514. The van der Waals surface area contributed by atoms with E-state index in [1.54, 1.807) is 0 Å². The molecule has 1 aliphatic heterocycles. The van der Waals surface area contributed by atoms with Crippen LogP contribution in [0.5, 0.6) is 0 Å². The molecule has 0 unspecified atom stereocenters. The van der Waals surface area contributed by atoms with Gasteiger partial charge in [-0.2, -0.15) is 12.7 Å². The first kappa shape index (κ1) is 42.1. The number of benzene rings is 6. The number of anilines is 6. The van der Waals surface area contributed by atoms with Crippen molar-refractivity contribution in [3.63, 3.8) is 0 Å². The number of fused-ring (bicyclic) bond motifs is 4. The second-order valence-electron chi connectivity index (χ2n) is 19.2. The van der Waals surface area contributed by atoms with E-state index in [0.29, 0.717) is 0 Å². The van der Waals surface area contributed by atoms with Crippen LogP contribution in [0.1, 0.15) is 84.6 Å². The van der Waals surface area contributed by atoms with Gasteiger partial charge in [-0.15, -0.1) is 47.0 Å². The Morgan fingerprint density at radius 3 is 1.90 bits per heavy atom. The molecule has 1 aliphatic rings. The van der Waals surface area contributed by atoms with Crippen LogP contribution in [0, 0.1) is 18.8 Å². The monoisotopic (exact) mass is 979 g/mol. The van der Waals surface area contributed by atoms with E-state index in [2.05, 4.69) is 240 Å². The Labute approximate surface area is 376 Å². The van der Waals surface area contributed by atoms with Crippen molar-refractivity contribution < 1.29 is 21.1 Å². The fourth-order valence-corrected chi connectivity index (χ4v) is 8.26. The van der Waals surface area contributed by atoms with E-state index in [9.17, 15) is 0 Å². The fraction of sp³-hybridized carbons (Fsp3) is 0.236. The number of hydrogen-bond donors (Lipinski definition) is 0. The van der Waals surface area contributed by atoms with Gasteiger partial charge in [0.1, 0.15) is 5.82 Å². The van der Waals surface area contributed by atoms with Gasteiger partial charge >= 0.3 is 0 Å². The summed E-state index contributed by atoms with van der Waals surface area (Å²) in [7, 11) is 0. The Morgan fingerprint density at radius 1 is 0.574 bits per heavy atom. The van der Waals surface area contributed by atoms with E-state index in [0.717, 1.165) is 57.2 Å². The first-order chi connectivity index (χ1) is 28.6. The summed E-state index contributed by atoms with van der Waals surface area (Å²) in [5.41, 5.74) is 13.1. The summed E-state index contributed by atoms with van der Waals surface area (Å²) in [4.78, 5) is 12.0. The van der Waals surface area contributed by atoms with Crippen LogP contribution < -0.4 is 14.7 Å². The average Bonchev–Trinajstić information content (AvgIpc) is 3.76. The molecular weight excluding hydrogens is 926 g/mol. The van der Waals surface area contributed by atoms with Crippen LogP contribution >= 0.6 is 0 Å². The molecule has 0 aliphatic carbocycles. The smallest absolute Gasteiger partial charge is 0.135 e. The maximum atomic E-state index is 5.01. The zero-order valence-electron chi connectivity index (χ0n) is 36.7. The van der Waals surface area contributed by atoms with Gasteiger partial charge in [0.2, 0.25) is 0 Å². The third-order valence-electron chi connectivity index (χ3n) is 11.7. The quantitative estimate of drug-likeness (QED) is 0.149. The third kappa shape index (κ3) is 8.13. The number of para-hydroxylation sites is 3. The van der Waals surface area contributed by atoms with Crippen molar-refractivity contribution in [2.75, 3.05) is 14.7 Å². The summed E-state index contributed by atoms with van der Waals surface area (Å²) in [6, 6.07) is 58.3. The summed E-state index contributed by atoms with van der Waals surface area (Å²) < 4.78 is 2.30. The van der Waals surface area contributed by atoms with Gasteiger partial charge in [-0.1, -0.05) is 152 Å². The molecular formula is C55H54N5Pt-3. The van der Waals surface area contributed by atoms with Crippen molar-refractivity contribution in [3.8, 4) is 5.82 Å². The van der Waals surface area contributed by atoms with Crippen LogP contribution in [-0.2, 0) is 43.9 Å². The Hall–Kier alpha value is -5.64.